The van der Waals surface area contributed by atoms with Crippen LogP contribution in [0.4, 0.5) is 0 Å². The van der Waals surface area contributed by atoms with Crippen LogP contribution in [0.1, 0.15) is 27.2 Å². The van der Waals surface area contributed by atoms with Crippen LogP contribution in [0.3, 0.4) is 0 Å². The first-order valence-electron chi connectivity index (χ1n) is 7.27. The van der Waals surface area contributed by atoms with Crippen molar-refractivity contribution >= 4 is 10.0 Å². The van der Waals surface area contributed by atoms with Gasteiger partial charge in [-0.1, -0.05) is 18.2 Å². The Morgan fingerprint density at radius 1 is 1.36 bits per heavy atom. The molecule has 1 aromatic rings. The number of sulfonamides is 1. The summed E-state index contributed by atoms with van der Waals surface area (Å²) in [6.45, 7) is 5.37. The van der Waals surface area contributed by atoms with E-state index in [2.05, 4.69) is 4.72 Å². The molecule has 1 heterocycles. The van der Waals surface area contributed by atoms with Crippen LogP contribution in [0.5, 0.6) is 0 Å². The molecule has 0 saturated carbocycles. The zero-order valence-corrected chi connectivity index (χ0v) is 13.8. The summed E-state index contributed by atoms with van der Waals surface area (Å²) >= 11 is 0. The molecule has 0 aliphatic carbocycles. The second-order valence-corrected chi connectivity index (χ2v) is 7.71. The topological polar surface area (TPSA) is 84.9 Å². The van der Waals surface area contributed by atoms with E-state index in [1.54, 1.807) is 39.0 Å². The highest BCUT2D eigenvalue weighted by atomic mass is 32.2. The third kappa shape index (κ3) is 4.50. The van der Waals surface area contributed by atoms with Crippen molar-refractivity contribution in [3.63, 3.8) is 0 Å². The molecule has 1 aliphatic rings. The Morgan fingerprint density at radius 2 is 2.00 bits per heavy atom. The fourth-order valence-electron chi connectivity index (χ4n) is 2.40. The lowest BCUT2D eigenvalue weighted by Gasteiger charge is -2.41. The predicted octanol–water partition coefficient (Wildman–Crippen LogP) is 1.26. The number of rotatable bonds is 5. The van der Waals surface area contributed by atoms with Crippen molar-refractivity contribution in [2.24, 2.45) is 0 Å². The molecule has 22 heavy (non-hydrogen) atoms. The van der Waals surface area contributed by atoms with Crippen molar-refractivity contribution in [3.05, 3.63) is 30.3 Å². The van der Waals surface area contributed by atoms with Crippen LogP contribution >= 0.6 is 0 Å². The molecule has 6 nitrogen and oxygen atoms in total. The number of aliphatic hydroxyl groups excluding tert-OH is 1. The highest BCUT2D eigenvalue weighted by Gasteiger charge is 2.39. The molecule has 3 atom stereocenters. The van der Waals surface area contributed by atoms with Gasteiger partial charge in [-0.05, 0) is 32.9 Å². The van der Waals surface area contributed by atoms with Crippen LogP contribution in [0.15, 0.2) is 35.2 Å². The molecular weight excluding hydrogens is 306 g/mol. The normalized spacial score (nSPS) is 26.5. The van der Waals surface area contributed by atoms with Crippen molar-refractivity contribution < 1.29 is 23.0 Å². The molecule has 2 rings (SSSR count). The Labute approximate surface area is 131 Å². The molecule has 0 radical (unpaired) electrons. The second kappa shape index (κ2) is 6.64. The Morgan fingerprint density at radius 3 is 2.59 bits per heavy atom. The molecule has 2 N–H and O–H groups in total. The summed E-state index contributed by atoms with van der Waals surface area (Å²) in [6.07, 6.45) is -0.723. The van der Waals surface area contributed by atoms with Crippen molar-refractivity contribution in [2.45, 2.75) is 56.1 Å². The zero-order chi connectivity index (χ0) is 16.4. The van der Waals surface area contributed by atoms with Crippen molar-refractivity contribution in [1.82, 2.24) is 4.72 Å². The molecule has 0 bridgehead atoms. The fourth-order valence-corrected chi connectivity index (χ4v) is 3.67. The summed E-state index contributed by atoms with van der Waals surface area (Å²) in [5.74, 6) is -0.797. The average molecular weight is 329 g/mol. The van der Waals surface area contributed by atoms with Crippen molar-refractivity contribution in [2.75, 3.05) is 6.61 Å². The highest BCUT2D eigenvalue weighted by Crippen LogP contribution is 2.26. The van der Waals surface area contributed by atoms with Gasteiger partial charge in [0.2, 0.25) is 10.0 Å². The van der Waals surface area contributed by atoms with Gasteiger partial charge in [0, 0.05) is 6.42 Å². The van der Waals surface area contributed by atoms with Crippen LogP contribution in [0, 0.1) is 0 Å². The molecule has 1 fully saturated rings. The van der Waals surface area contributed by atoms with Gasteiger partial charge in [0.25, 0.3) is 0 Å². The molecule has 7 heteroatoms. The van der Waals surface area contributed by atoms with E-state index < -0.39 is 34.1 Å². The average Bonchev–Trinajstić information content (AvgIpc) is 2.42. The Kier molecular flexibility index (Phi) is 5.24. The minimum Gasteiger partial charge on any atom is -0.393 e. The second-order valence-electron chi connectivity index (χ2n) is 5.99. The Hall–Kier alpha value is -0.990. The lowest BCUT2D eigenvalue weighted by Crippen LogP contribution is -2.56. The first-order chi connectivity index (χ1) is 10.2. The molecular formula is C15H23NO5S. The minimum absolute atomic E-state index is 0.190. The maximum atomic E-state index is 12.4. The summed E-state index contributed by atoms with van der Waals surface area (Å²) in [6, 6.07) is 7.59. The summed E-state index contributed by atoms with van der Waals surface area (Å²) in [5.41, 5.74) is 0. The predicted molar refractivity (Wildman–Crippen MR) is 81.8 cm³/mol. The number of hydrogen-bond acceptors (Lipinski definition) is 5. The van der Waals surface area contributed by atoms with E-state index in [-0.39, 0.29) is 11.5 Å². The summed E-state index contributed by atoms with van der Waals surface area (Å²) in [5, 5.41) is 9.61. The lowest BCUT2D eigenvalue weighted by atomic mass is 10.0. The first-order valence-corrected chi connectivity index (χ1v) is 8.75. The van der Waals surface area contributed by atoms with E-state index in [0.717, 1.165) is 0 Å². The van der Waals surface area contributed by atoms with Gasteiger partial charge in [-0.2, -0.15) is 0 Å². The number of benzene rings is 1. The van der Waals surface area contributed by atoms with Gasteiger partial charge in [-0.25, -0.2) is 13.1 Å². The zero-order valence-electron chi connectivity index (χ0n) is 13.0. The van der Waals surface area contributed by atoms with E-state index in [1.807, 2.05) is 0 Å². The van der Waals surface area contributed by atoms with Crippen molar-refractivity contribution in [3.8, 4) is 0 Å². The third-order valence-corrected chi connectivity index (χ3v) is 4.93. The molecule has 124 valence electrons. The van der Waals surface area contributed by atoms with Crippen LogP contribution in [0.25, 0.3) is 0 Å². The van der Waals surface area contributed by atoms with Crippen LogP contribution in [-0.2, 0) is 19.5 Å². The maximum absolute atomic E-state index is 12.4. The van der Waals surface area contributed by atoms with Gasteiger partial charge in [0.1, 0.15) is 0 Å². The van der Waals surface area contributed by atoms with Crippen LogP contribution < -0.4 is 4.72 Å². The van der Waals surface area contributed by atoms with Gasteiger partial charge >= 0.3 is 0 Å². The van der Waals surface area contributed by atoms with Gasteiger partial charge in [0.05, 0.1) is 29.8 Å². The molecule has 1 aliphatic heterocycles. The van der Waals surface area contributed by atoms with E-state index in [0.29, 0.717) is 6.42 Å². The summed E-state index contributed by atoms with van der Waals surface area (Å²) < 4.78 is 38.7. The van der Waals surface area contributed by atoms with Crippen molar-refractivity contribution in [1.29, 1.82) is 0 Å². The Balaban J connectivity index is 2.16. The van der Waals surface area contributed by atoms with Gasteiger partial charge in [0.15, 0.2) is 5.79 Å². The molecule has 1 saturated heterocycles. The van der Waals surface area contributed by atoms with E-state index in [9.17, 15) is 13.5 Å². The highest BCUT2D eigenvalue weighted by molar-refractivity contribution is 7.89. The van der Waals surface area contributed by atoms with E-state index in [4.69, 9.17) is 9.47 Å². The SMILES string of the molecule is CC(O)C[C@H]1OC(C)(C)OC[C@H]1NS(=O)(=O)c1ccccc1. The largest absolute Gasteiger partial charge is 0.393 e. The number of nitrogens with one attached hydrogen (secondary N) is 1. The number of aliphatic hydroxyl groups is 1. The maximum Gasteiger partial charge on any atom is 0.240 e. The molecule has 1 aromatic carbocycles. The Bertz CT molecular complexity index is 585. The van der Waals surface area contributed by atoms with Gasteiger partial charge < -0.3 is 14.6 Å². The third-order valence-electron chi connectivity index (χ3n) is 3.43. The van der Waals surface area contributed by atoms with Crippen LogP contribution in [0.2, 0.25) is 0 Å². The van der Waals surface area contributed by atoms with Gasteiger partial charge in [-0.15, -0.1) is 0 Å². The quantitative estimate of drug-likeness (QED) is 0.849. The monoisotopic (exact) mass is 329 g/mol. The van der Waals surface area contributed by atoms with Crippen LogP contribution in [-0.4, -0.2) is 44.2 Å². The lowest BCUT2D eigenvalue weighted by molar-refractivity contribution is -0.284. The van der Waals surface area contributed by atoms with E-state index in [1.165, 1.54) is 12.1 Å². The molecule has 0 amide bonds. The summed E-state index contributed by atoms with van der Waals surface area (Å²) in [7, 11) is -3.66. The van der Waals surface area contributed by atoms with E-state index >= 15 is 0 Å². The fraction of sp³-hybridized carbons (Fsp3) is 0.600. The summed E-state index contributed by atoms with van der Waals surface area (Å²) in [4.78, 5) is 0.190. The minimum atomic E-state index is -3.66. The molecule has 0 aromatic heterocycles. The standard InChI is InChI=1S/C15H23NO5S/c1-11(17)9-14-13(10-20-15(2,3)21-14)16-22(18,19)12-7-5-4-6-8-12/h4-8,11,13-14,16-17H,9-10H2,1-3H3/t11?,13-,14-/m1/s1. The number of ether oxygens (including phenoxy) is 2. The smallest absolute Gasteiger partial charge is 0.240 e. The molecule has 0 spiro atoms. The first kappa shape index (κ1) is 17.4. The number of hydrogen-bond donors (Lipinski definition) is 2. The molecule has 1 unspecified atom stereocenters. The van der Waals surface area contributed by atoms with Gasteiger partial charge in [-0.3, -0.25) is 0 Å².